The van der Waals surface area contributed by atoms with Crippen LogP contribution in [-0.2, 0) is 19.3 Å². The Kier molecular flexibility index (Phi) is 5.26. The topological polar surface area (TPSA) is 30.7 Å². The van der Waals surface area contributed by atoms with E-state index in [1.807, 2.05) is 18.2 Å². The van der Waals surface area contributed by atoms with Gasteiger partial charge < -0.3 is 0 Å². The molecular weight excluding hydrogens is 332 g/mol. The van der Waals surface area contributed by atoms with Crippen molar-refractivity contribution in [3.63, 3.8) is 0 Å². The number of benzene rings is 2. The molecule has 0 saturated heterocycles. The second-order valence-corrected chi connectivity index (χ2v) is 6.46. The molecule has 0 aliphatic rings. The highest BCUT2D eigenvalue weighted by Crippen LogP contribution is 2.20. The lowest BCUT2D eigenvalue weighted by Gasteiger charge is -2.10. The van der Waals surface area contributed by atoms with Crippen LogP contribution >= 0.6 is 0 Å². The van der Waals surface area contributed by atoms with Crippen LogP contribution in [0.15, 0.2) is 61.4 Å². The molecule has 26 heavy (non-hydrogen) atoms. The predicted molar refractivity (Wildman–Crippen MR) is 99.6 cm³/mol. The number of nitrogens with zero attached hydrogens (tertiary/aromatic N) is 3. The molecular formula is C21H21F2N3. The molecule has 0 spiro atoms. The maximum atomic E-state index is 13.1. The van der Waals surface area contributed by atoms with Crippen molar-refractivity contribution in [2.45, 2.75) is 32.1 Å². The zero-order valence-corrected chi connectivity index (χ0v) is 14.7. The third kappa shape index (κ3) is 4.85. The Morgan fingerprint density at radius 1 is 1.00 bits per heavy atom. The van der Waals surface area contributed by atoms with Gasteiger partial charge in [0.1, 0.15) is 6.33 Å². The normalized spacial score (nSPS) is 11.5. The molecule has 1 aromatic heterocycles. The van der Waals surface area contributed by atoms with Gasteiger partial charge in [0.2, 0.25) is 5.92 Å². The van der Waals surface area contributed by atoms with Crippen LogP contribution in [0.25, 0.3) is 11.8 Å². The molecule has 0 aliphatic heterocycles. The summed E-state index contributed by atoms with van der Waals surface area (Å²) in [7, 11) is 0. The van der Waals surface area contributed by atoms with Crippen molar-refractivity contribution < 1.29 is 8.78 Å². The number of halogens is 2. The summed E-state index contributed by atoms with van der Waals surface area (Å²) in [4.78, 5) is 4.34. The summed E-state index contributed by atoms with van der Waals surface area (Å²) < 4.78 is 27.8. The monoisotopic (exact) mass is 353 g/mol. The van der Waals surface area contributed by atoms with Gasteiger partial charge in [-0.2, -0.15) is 5.10 Å². The Labute approximate surface area is 152 Å². The molecule has 0 N–H and O–H groups in total. The average Bonchev–Trinajstić information content (AvgIpc) is 3.09. The highest BCUT2D eigenvalue weighted by Gasteiger charge is 2.21. The highest BCUT2D eigenvalue weighted by molar-refractivity contribution is 5.47. The zero-order chi connectivity index (χ0) is 18.6. The maximum absolute atomic E-state index is 13.1. The van der Waals surface area contributed by atoms with Crippen molar-refractivity contribution in [3.05, 3.63) is 84.0 Å². The molecule has 3 aromatic rings. The summed E-state index contributed by atoms with van der Waals surface area (Å²) in [5.41, 5.74) is 3.73. The molecule has 3 rings (SSSR count). The first kappa shape index (κ1) is 18.0. The van der Waals surface area contributed by atoms with E-state index in [-0.39, 0.29) is 6.42 Å². The third-order valence-electron chi connectivity index (χ3n) is 4.11. The van der Waals surface area contributed by atoms with E-state index in [9.17, 15) is 8.78 Å². The van der Waals surface area contributed by atoms with E-state index >= 15 is 0 Å². The Morgan fingerprint density at radius 3 is 2.27 bits per heavy atom. The second-order valence-electron chi connectivity index (χ2n) is 6.46. The molecule has 0 unspecified atom stereocenters. The lowest BCUT2D eigenvalue weighted by Crippen LogP contribution is -2.13. The predicted octanol–water partition coefficient (Wildman–Crippen LogP) is 4.89. The lowest BCUT2D eigenvalue weighted by atomic mass is 10.1. The summed E-state index contributed by atoms with van der Waals surface area (Å²) in [5, 5.41) is 4.47. The third-order valence-corrected chi connectivity index (χ3v) is 4.11. The first-order valence-electron chi connectivity index (χ1n) is 8.52. The Hall–Kier alpha value is -2.82. The van der Waals surface area contributed by atoms with Gasteiger partial charge in [-0.25, -0.2) is 18.4 Å². The van der Waals surface area contributed by atoms with Crippen LogP contribution in [0.5, 0.6) is 0 Å². The van der Waals surface area contributed by atoms with Gasteiger partial charge in [-0.3, -0.25) is 0 Å². The molecule has 0 bridgehead atoms. The van der Waals surface area contributed by atoms with E-state index < -0.39 is 5.92 Å². The lowest BCUT2D eigenvalue weighted by molar-refractivity contribution is 0.0226. The largest absolute Gasteiger partial charge is 0.249 e. The van der Waals surface area contributed by atoms with Crippen molar-refractivity contribution in [1.29, 1.82) is 0 Å². The van der Waals surface area contributed by atoms with E-state index in [1.54, 1.807) is 35.3 Å². The molecule has 0 atom stereocenters. The van der Waals surface area contributed by atoms with Crippen LogP contribution in [0.4, 0.5) is 8.78 Å². The van der Waals surface area contributed by atoms with Crippen LogP contribution in [0.1, 0.15) is 29.4 Å². The van der Waals surface area contributed by atoms with Crippen molar-refractivity contribution in [1.82, 2.24) is 14.8 Å². The standard InChI is InChI=1S/C21H21F2N3/c1-3-16-4-6-17(7-5-16)10-13-20-24-15-26(25-20)19-11-8-18(9-12-19)14-21(2,22)23/h3-9,11-12,15H,1,10,13-14H2,2H3. The molecule has 2 aromatic carbocycles. The fourth-order valence-corrected chi connectivity index (χ4v) is 2.74. The van der Waals surface area contributed by atoms with E-state index in [2.05, 4.69) is 28.8 Å². The van der Waals surface area contributed by atoms with Gasteiger partial charge >= 0.3 is 0 Å². The van der Waals surface area contributed by atoms with Gasteiger partial charge in [0.25, 0.3) is 0 Å². The first-order valence-corrected chi connectivity index (χ1v) is 8.52. The molecule has 0 saturated carbocycles. The fourth-order valence-electron chi connectivity index (χ4n) is 2.74. The molecule has 0 aliphatic carbocycles. The van der Waals surface area contributed by atoms with Crippen molar-refractivity contribution in [2.24, 2.45) is 0 Å². The van der Waals surface area contributed by atoms with Crippen LogP contribution in [0, 0.1) is 0 Å². The van der Waals surface area contributed by atoms with E-state index in [4.69, 9.17) is 0 Å². The molecule has 0 radical (unpaired) electrons. The molecule has 0 amide bonds. The Bertz CT molecular complexity index is 860. The van der Waals surface area contributed by atoms with E-state index in [1.165, 1.54) is 5.56 Å². The number of hydrogen-bond acceptors (Lipinski definition) is 2. The van der Waals surface area contributed by atoms with Gasteiger partial charge in [0.15, 0.2) is 5.82 Å². The molecule has 3 nitrogen and oxygen atoms in total. The van der Waals surface area contributed by atoms with Crippen LogP contribution < -0.4 is 0 Å². The molecule has 0 fully saturated rings. The summed E-state index contributed by atoms with van der Waals surface area (Å²) in [6.07, 6.45) is 4.80. The minimum absolute atomic E-state index is 0.263. The average molecular weight is 353 g/mol. The van der Waals surface area contributed by atoms with Gasteiger partial charge in [-0.15, -0.1) is 0 Å². The van der Waals surface area contributed by atoms with Crippen LogP contribution in [-0.4, -0.2) is 20.7 Å². The second kappa shape index (κ2) is 7.60. The SMILES string of the molecule is C=Cc1ccc(CCc2ncn(-c3ccc(CC(C)(F)F)cc3)n2)cc1. The highest BCUT2D eigenvalue weighted by atomic mass is 19.3. The quantitative estimate of drug-likeness (QED) is 0.605. The summed E-state index contributed by atoms with van der Waals surface area (Å²) in [6.45, 7) is 4.67. The van der Waals surface area contributed by atoms with E-state index in [0.29, 0.717) is 5.56 Å². The van der Waals surface area contributed by atoms with Gasteiger partial charge in [0.05, 0.1) is 5.69 Å². The van der Waals surface area contributed by atoms with Crippen molar-refractivity contribution in [3.8, 4) is 5.69 Å². The van der Waals surface area contributed by atoms with Crippen molar-refractivity contribution >= 4 is 6.08 Å². The summed E-state index contributed by atoms with van der Waals surface area (Å²) >= 11 is 0. The summed E-state index contributed by atoms with van der Waals surface area (Å²) in [6, 6.07) is 15.2. The maximum Gasteiger partial charge on any atom is 0.249 e. The summed E-state index contributed by atoms with van der Waals surface area (Å²) in [5.74, 6) is -1.95. The van der Waals surface area contributed by atoms with Gasteiger partial charge in [-0.1, -0.05) is 49.1 Å². The fraction of sp³-hybridized carbons (Fsp3) is 0.238. The van der Waals surface area contributed by atoms with Crippen molar-refractivity contribution in [2.75, 3.05) is 0 Å². The zero-order valence-electron chi connectivity index (χ0n) is 14.7. The van der Waals surface area contributed by atoms with Gasteiger partial charge in [0, 0.05) is 12.8 Å². The number of aromatic nitrogens is 3. The van der Waals surface area contributed by atoms with Gasteiger partial charge in [-0.05, 0) is 42.2 Å². The number of alkyl halides is 2. The minimum Gasteiger partial charge on any atom is -0.221 e. The Morgan fingerprint density at radius 2 is 1.65 bits per heavy atom. The minimum atomic E-state index is -2.70. The van der Waals surface area contributed by atoms with Crippen LogP contribution in [0.2, 0.25) is 0 Å². The first-order chi connectivity index (χ1) is 12.4. The number of rotatable bonds is 7. The number of aryl methyl sites for hydroxylation is 2. The Balaban J connectivity index is 1.62. The smallest absolute Gasteiger partial charge is 0.221 e. The molecule has 5 heteroatoms. The molecule has 134 valence electrons. The number of hydrogen-bond donors (Lipinski definition) is 0. The van der Waals surface area contributed by atoms with E-state index in [0.717, 1.165) is 36.8 Å². The van der Waals surface area contributed by atoms with Crippen LogP contribution in [0.3, 0.4) is 0 Å². The molecule has 1 heterocycles.